The van der Waals surface area contributed by atoms with Crippen LogP contribution in [0.15, 0.2) is 24.3 Å². The molecule has 1 aliphatic rings. The van der Waals surface area contributed by atoms with Crippen LogP contribution in [0.5, 0.6) is 0 Å². The summed E-state index contributed by atoms with van der Waals surface area (Å²) in [7, 11) is 0. The third kappa shape index (κ3) is 5.52. The highest BCUT2D eigenvalue weighted by atomic mass is 16.6. The number of nitrogens with one attached hydrogen (secondary N) is 1. The average molecular weight is 332 g/mol. The lowest BCUT2D eigenvalue weighted by Gasteiger charge is -2.35. The maximum atomic E-state index is 12.2. The summed E-state index contributed by atoms with van der Waals surface area (Å²) >= 11 is 0. The third-order valence-corrected chi connectivity index (χ3v) is 4.21. The van der Waals surface area contributed by atoms with E-state index in [0.717, 1.165) is 13.0 Å². The van der Waals surface area contributed by atoms with Gasteiger partial charge < -0.3 is 15.0 Å². The van der Waals surface area contributed by atoms with E-state index in [1.54, 1.807) is 0 Å². The van der Waals surface area contributed by atoms with Crippen molar-refractivity contribution in [1.82, 2.24) is 10.2 Å². The van der Waals surface area contributed by atoms with Crippen LogP contribution in [-0.4, -0.2) is 42.3 Å². The molecule has 134 valence electrons. The molecule has 1 unspecified atom stereocenters. The van der Waals surface area contributed by atoms with E-state index in [-0.39, 0.29) is 17.6 Å². The Kier molecular flexibility index (Phi) is 5.59. The number of rotatable bonds is 2. The minimum absolute atomic E-state index is 0.176. The highest BCUT2D eigenvalue weighted by molar-refractivity contribution is 5.68. The van der Waals surface area contributed by atoms with Crippen LogP contribution in [-0.2, 0) is 16.6 Å². The lowest BCUT2D eigenvalue weighted by molar-refractivity contribution is 0.0195. The minimum atomic E-state index is -0.444. The quantitative estimate of drug-likeness (QED) is 0.897. The first-order valence-corrected chi connectivity index (χ1v) is 8.85. The molecule has 4 heteroatoms. The smallest absolute Gasteiger partial charge is 0.410 e. The first-order valence-electron chi connectivity index (χ1n) is 8.85. The van der Waals surface area contributed by atoms with Gasteiger partial charge in [0.05, 0.1) is 0 Å². The summed E-state index contributed by atoms with van der Waals surface area (Å²) < 4.78 is 5.49. The molecule has 1 aliphatic heterocycles. The second-order valence-electron chi connectivity index (χ2n) is 8.73. The second kappa shape index (κ2) is 7.14. The van der Waals surface area contributed by atoms with Gasteiger partial charge in [-0.1, -0.05) is 45.0 Å². The SMILES string of the molecule is CC(C)(C)OC(=O)N1CCNC(Cc2ccc(C(C)(C)C)cc2)C1. The van der Waals surface area contributed by atoms with E-state index < -0.39 is 5.60 Å². The van der Waals surface area contributed by atoms with Crippen LogP contribution in [0.4, 0.5) is 4.79 Å². The summed E-state index contributed by atoms with van der Waals surface area (Å²) in [4.78, 5) is 14.1. The topological polar surface area (TPSA) is 41.6 Å². The number of piperazine rings is 1. The van der Waals surface area contributed by atoms with Crippen molar-refractivity contribution in [2.75, 3.05) is 19.6 Å². The number of benzene rings is 1. The van der Waals surface area contributed by atoms with E-state index in [0.29, 0.717) is 13.1 Å². The van der Waals surface area contributed by atoms with Crippen LogP contribution in [0.2, 0.25) is 0 Å². The standard InChI is InChI=1S/C20H32N2O2/c1-19(2,3)16-9-7-15(8-10-16)13-17-14-22(12-11-21-17)18(23)24-20(4,5)6/h7-10,17,21H,11-14H2,1-6H3. The Bertz CT molecular complexity index is 552. The predicted octanol–water partition coefficient (Wildman–Crippen LogP) is 3.74. The molecule has 2 rings (SSSR count). The van der Waals surface area contributed by atoms with Crippen LogP contribution >= 0.6 is 0 Å². The molecular formula is C20H32N2O2. The molecule has 1 heterocycles. The van der Waals surface area contributed by atoms with Crippen molar-refractivity contribution in [3.05, 3.63) is 35.4 Å². The number of ether oxygens (including phenoxy) is 1. The molecule has 0 aliphatic carbocycles. The lowest BCUT2D eigenvalue weighted by atomic mass is 9.86. The molecule has 1 aromatic rings. The number of nitrogens with zero attached hydrogens (tertiary/aromatic N) is 1. The summed E-state index contributed by atoms with van der Waals surface area (Å²) in [6, 6.07) is 9.10. The maximum Gasteiger partial charge on any atom is 0.410 e. The summed E-state index contributed by atoms with van der Waals surface area (Å²) in [5.74, 6) is 0. The van der Waals surface area contributed by atoms with E-state index in [1.807, 2.05) is 25.7 Å². The molecular weight excluding hydrogens is 300 g/mol. The summed E-state index contributed by atoms with van der Waals surface area (Å²) in [5.41, 5.74) is 2.37. The molecule has 1 atom stereocenters. The van der Waals surface area contributed by atoms with Crippen molar-refractivity contribution in [2.45, 2.75) is 65.0 Å². The number of carbonyl (C=O) groups is 1. The fourth-order valence-corrected chi connectivity index (χ4v) is 2.88. The van der Waals surface area contributed by atoms with Crippen LogP contribution in [0.25, 0.3) is 0 Å². The Balaban J connectivity index is 1.94. The third-order valence-electron chi connectivity index (χ3n) is 4.21. The van der Waals surface area contributed by atoms with Crippen LogP contribution in [0, 0.1) is 0 Å². The van der Waals surface area contributed by atoms with Gasteiger partial charge in [0, 0.05) is 25.7 Å². The van der Waals surface area contributed by atoms with E-state index >= 15 is 0 Å². The van der Waals surface area contributed by atoms with Crippen molar-refractivity contribution in [3.8, 4) is 0 Å². The highest BCUT2D eigenvalue weighted by Gasteiger charge is 2.27. The highest BCUT2D eigenvalue weighted by Crippen LogP contribution is 2.22. The Morgan fingerprint density at radius 1 is 1.17 bits per heavy atom. The zero-order valence-electron chi connectivity index (χ0n) is 16.0. The predicted molar refractivity (Wildman–Crippen MR) is 98.4 cm³/mol. The molecule has 0 radical (unpaired) electrons. The van der Waals surface area contributed by atoms with E-state index in [4.69, 9.17) is 4.74 Å². The van der Waals surface area contributed by atoms with Crippen molar-refractivity contribution in [3.63, 3.8) is 0 Å². The van der Waals surface area contributed by atoms with Crippen molar-refractivity contribution < 1.29 is 9.53 Å². The van der Waals surface area contributed by atoms with Gasteiger partial charge in [0.15, 0.2) is 0 Å². The Labute approximate surface area is 146 Å². The fourth-order valence-electron chi connectivity index (χ4n) is 2.88. The van der Waals surface area contributed by atoms with Gasteiger partial charge in [0.1, 0.15) is 5.60 Å². The molecule has 24 heavy (non-hydrogen) atoms. The Morgan fingerprint density at radius 2 is 1.79 bits per heavy atom. The van der Waals surface area contributed by atoms with Gasteiger partial charge in [0.25, 0.3) is 0 Å². The maximum absolute atomic E-state index is 12.2. The zero-order chi connectivity index (χ0) is 18.0. The average Bonchev–Trinajstić information content (AvgIpc) is 2.45. The van der Waals surface area contributed by atoms with E-state index in [2.05, 4.69) is 50.4 Å². The van der Waals surface area contributed by atoms with Gasteiger partial charge in [0.2, 0.25) is 0 Å². The number of hydrogen-bond donors (Lipinski definition) is 1. The van der Waals surface area contributed by atoms with Gasteiger partial charge in [-0.2, -0.15) is 0 Å². The van der Waals surface area contributed by atoms with Crippen LogP contribution < -0.4 is 5.32 Å². The monoisotopic (exact) mass is 332 g/mol. The van der Waals surface area contributed by atoms with Gasteiger partial charge in [-0.3, -0.25) is 0 Å². The lowest BCUT2D eigenvalue weighted by Crippen LogP contribution is -2.54. The van der Waals surface area contributed by atoms with Crippen molar-refractivity contribution >= 4 is 6.09 Å². The number of hydrogen-bond acceptors (Lipinski definition) is 3. The van der Waals surface area contributed by atoms with Gasteiger partial charge in [-0.05, 0) is 43.7 Å². The molecule has 4 nitrogen and oxygen atoms in total. The number of amides is 1. The summed E-state index contributed by atoms with van der Waals surface area (Å²) in [6.45, 7) is 14.6. The van der Waals surface area contributed by atoms with Crippen LogP contribution in [0.1, 0.15) is 52.7 Å². The molecule has 1 saturated heterocycles. The molecule has 0 aromatic heterocycles. The largest absolute Gasteiger partial charge is 0.444 e. The van der Waals surface area contributed by atoms with Gasteiger partial charge in [-0.15, -0.1) is 0 Å². The fraction of sp³-hybridized carbons (Fsp3) is 0.650. The minimum Gasteiger partial charge on any atom is -0.444 e. The second-order valence-corrected chi connectivity index (χ2v) is 8.73. The van der Waals surface area contributed by atoms with E-state index in [9.17, 15) is 4.79 Å². The Hall–Kier alpha value is -1.55. The Morgan fingerprint density at radius 3 is 2.33 bits per heavy atom. The van der Waals surface area contributed by atoms with Gasteiger partial charge >= 0.3 is 6.09 Å². The van der Waals surface area contributed by atoms with Crippen molar-refractivity contribution in [2.24, 2.45) is 0 Å². The summed E-state index contributed by atoms with van der Waals surface area (Å²) in [5, 5.41) is 3.51. The first-order chi connectivity index (χ1) is 11.0. The molecule has 1 aromatic carbocycles. The number of carbonyl (C=O) groups excluding carboxylic acids is 1. The molecule has 0 spiro atoms. The van der Waals surface area contributed by atoms with E-state index in [1.165, 1.54) is 11.1 Å². The summed E-state index contributed by atoms with van der Waals surface area (Å²) in [6.07, 6.45) is 0.709. The van der Waals surface area contributed by atoms with Crippen molar-refractivity contribution in [1.29, 1.82) is 0 Å². The molecule has 1 fully saturated rings. The van der Waals surface area contributed by atoms with Crippen LogP contribution in [0.3, 0.4) is 0 Å². The molecule has 0 bridgehead atoms. The normalized spacial score (nSPS) is 19.2. The molecule has 0 saturated carbocycles. The molecule has 1 N–H and O–H groups in total. The first kappa shape index (κ1) is 18.8. The zero-order valence-corrected chi connectivity index (χ0v) is 16.0. The van der Waals surface area contributed by atoms with Gasteiger partial charge in [-0.25, -0.2) is 4.79 Å². The molecule has 1 amide bonds.